The van der Waals surface area contributed by atoms with E-state index in [1.807, 2.05) is 36.4 Å². The summed E-state index contributed by atoms with van der Waals surface area (Å²) < 4.78 is 10.5. The number of hydrogen-bond acceptors (Lipinski definition) is 4. The summed E-state index contributed by atoms with van der Waals surface area (Å²) in [5, 5.41) is 2.94. The van der Waals surface area contributed by atoms with Crippen molar-refractivity contribution in [3.05, 3.63) is 60.2 Å². The van der Waals surface area contributed by atoms with Crippen molar-refractivity contribution in [3.8, 4) is 11.5 Å². The third kappa shape index (κ3) is 5.60. The van der Waals surface area contributed by atoms with Crippen LogP contribution in [0, 0.1) is 5.92 Å². The first kappa shape index (κ1) is 20.5. The molecule has 6 nitrogen and oxygen atoms in total. The van der Waals surface area contributed by atoms with Crippen molar-refractivity contribution in [1.29, 1.82) is 0 Å². The number of nitrogens with zero attached hydrogens (tertiary/aromatic N) is 1. The van der Waals surface area contributed by atoms with Crippen molar-refractivity contribution in [2.24, 2.45) is 5.92 Å². The minimum atomic E-state index is -0.130. The number of rotatable bonds is 6. The zero-order valence-electron chi connectivity index (χ0n) is 16.8. The number of carbonyl (C=O) groups is 2. The largest absolute Gasteiger partial charge is 0.497 e. The molecular formula is C23H26N2O4. The lowest BCUT2D eigenvalue weighted by Gasteiger charge is -2.30. The number of anilines is 1. The van der Waals surface area contributed by atoms with E-state index >= 15 is 0 Å². The van der Waals surface area contributed by atoms with Crippen LogP contribution in [0.25, 0.3) is 6.08 Å². The zero-order chi connectivity index (χ0) is 20.6. The maximum atomic E-state index is 12.6. The van der Waals surface area contributed by atoms with E-state index in [0.717, 1.165) is 5.56 Å². The van der Waals surface area contributed by atoms with Gasteiger partial charge in [0, 0.05) is 49.0 Å². The third-order valence-corrected chi connectivity index (χ3v) is 5.01. The zero-order valence-corrected chi connectivity index (χ0v) is 16.8. The van der Waals surface area contributed by atoms with Crippen LogP contribution >= 0.6 is 0 Å². The van der Waals surface area contributed by atoms with Crippen LogP contribution in [0.3, 0.4) is 0 Å². The van der Waals surface area contributed by atoms with Crippen molar-refractivity contribution in [2.75, 3.05) is 32.6 Å². The number of carbonyl (C=O) groups excluding carboxylic acids is 2. The van der Waals surface area contributed by atoms with Crippen LogP contribution in [0.1, 0.15) is 18.4 Å². The van der Waals surface area contributed by atoms with Crippen molar-refractivity contribution in [3.63, 3.8) is 0 Å². The van der Waals surface area contributed by atoms with Gasteiger partial charge in [0.05, 0.1) is 14.2 Å². The number of methoxy groups -OCH3 is 2. The van der Waals surface area contributed by atoms with E-state index in [0.29, 0.717) is 43.1 Å². The highest BCUT2D eigenvalue weighted by atomic mass is 16.5. The molecule has 2 amide bonds. The molecule has 2 aromatic carbocycles. The molecule has 1 fully saturated rings. The lowest BCUT2D eigenvalue weighted by atomic mass is 9.95. The molecule has 1 aliphatic rings. The van der Waals surface area contributed by atoms with E-state index in [2.05, 4.69) is 5.32 Å². The fourth-order valence-corrected chi connectivity index (χ4v) is 3.32. The second-order valence-electron chi connectivity index (χ2n) is 6.93. The Hall–Kier alpha value is -3.28. The van der Waals surface area contributed by atoms with Crippen molar-refractivity contribution in [1.82, 2.24) is 4.90 Å². The van der Waals surface area contributed by atoms with Gasteiger partial charge in [-0.15, -0.1) is 0 Å². The van der Waals surface area contributed by atoms with Gasteiger partial charge >= 0.3 is 0 Å². The predicted molar refractivity (Wildman–Crippen MR) is 113 cm³/mol. The molecule has 29 heavy (non-hydrogen) atoms. The summed E-state index contributed by atoms with van der Waals surface area (Å²) in [6, 6.07) is 15.0. The first-order chi connectivity index (χ1) is 14.1. The molecule has 152 valence electrons. The Balaban J connectivity index is 1.53. The first-order valence-corrected chi connectivity index (χ1v) is 9.65. The number of ether oxygens (including phenoxy) is 2. The fourth-order valence-electron chi connectivity index (χ4n) is 3.32. The minimum absolute atomic E-state index is 0.0229. The van der Waals surface area contributed by atoms with Crippen molar-refractivity contribution in [2.45, 2.75) is 12.8 Å². The molecular weight excluding hydrogens is 368 g/mol. The molecule has 1 saturated heterocycles. The van der Waals surface area contributed by atoms with Gasteiger partial charge < -0.3 is 19.7 Å². The Bertz CT molecular complexity index is 849. The molecule has 0 unspecified atom stereocenters. The Labute approximate surface area is 171 Å². The molecule has 0 atom stereocenters. The number of piperidine rings is 1. The van der Waals surface area contributed by atoms with Gasteiger partial charge in [-0.05, 0) is 24.5 Å². The van der Waals surface area contributed by atoms with E-state index < -0.39 is 0 Å². The van der Waals surface area contributed by atoms with E-state index in [-0.39, 0.29) is 17.7 Å². The van der Waals surface area contributed by atoms with E-state index in [9.17, 15) is 9.59 Å². The summed E-state index contributed by atoms with van der Waals surface area (Å²) in [5.74, 6) is 1.03. The fraction of sp³-hybridized carbons (Fsp3) is 0.304. The Morgan fingerprint density at radius 2 is 1.62 bits per heavy atom. The molecule has 3 rings (SSSR count). The van der Waals surface area contributed by atoms with Gasteiger partial charge in [0.25, 0.3) is 0 Å². The smallest absolute Gasteiger partial charge is 0.246 e. The van der Waals surface area contributed by atoms with Crippen molar-refractivity contribution < 1.29 is 19.1 Å². The van der Waals surface area contributed by atoms with Gasteiger partial charge in [-0.2, -0.15) is 0 Å². The van der Waals surface area contributed by atoms with Gasteiger partial charge in [-0.1, -0.05) is 30.3 Å². The highest BCUT2D eigenvalue weighted by Crippen LogP contribution is 2.27. The number of amides is 2. The molecule has 2 aromatic rings. The molecule has 0 radical (unpaired) electrons. The first-order valence-electron chi connectivity index (χ1n) is 9.65. The summed E-state index contributed by atoms with van der Waals surface area (Å²) >= 11 is 0. The van der Waals surface area contributed by atoms with Gasteiger partial charge in [0.1, 0.15) is 11.5 Å². The quantitative estimate of drug-likeness (QED) is 0.761. The molecule has 0 bridgehead atoms. The number of likely N-dealkylation sites (tertiary alicyclic amines) is 1. The van der Waals surface area contributed by atoms with Crippen LogP contribution in [-0.4, -0.2) is 44.0 Å². The van der Waals surface area contributed by atoms with Crippen LogP contribution in [0.2, 0.25) is 0 Å². The van der Waals surface area contributed by atoms with Gasteiger partial charge in [0.15, 0.2) is 0 Å². The molecule has 0 saturated carbocycles. The number of benzene rings is 2. The Kier molecular flexibility index (Phi) is 6.89. The summed E-state index contributed by atoms with van der Waals surface area (Å²) in [7, 11) is 3.14. The highest BCUT2D eigenvalue weighted by Gasteiger charge is 2.26. The Morgan fingerprint density at radius 3 is 2.21 bits per heavy atom. The number of hydrogen-bond donors (Lipinski definition) is 1. The van der Waals surface area contributed by atoms with E-state index in [4.69, 9.17) is 9.47 Å². The van der Waals surface area contributed by atoms with Gasteiger partial charge in [-0.3, -0.25) is 9.59 Å². The lowest BCUT2D eigenvalue weighted by molar-refractivity contribution is -0.130. The second-order valence-corrected chi connectivity index (χ2v) is 6.93. The summed E-state index contributed by atoms with van der Waals surface area (Å²) in [4.78, 5) is 26.8. The summed E-state index contributed by atoms with van der Waals surface area (Å²) in [6.07, 6.45) is 4.69. The molecule has 0 aromatic heterocycles. The van der Waals surface area contributed by atoms with E-state index in [1.54, 1.807) is 43.4 Å². The maximum absolute atomic E-state index is 12.6. The molecule has 1 heterocycles. The molecule has 0 spiro atoms. The average molecular weight is 394 g/mol. The summed E-state index contributed by atoms with van der Waals surface area (Å²) in [6.45, 7) is 1.13. The van der Waals surface area contributed by atoms with Crippen LogP contribution in [-0.2, 0) is 9.59 Å². The van der Waals surface area contributed by atoms with Crippen LogP contribution < -0.4 is 14.8 Å². The summed E-state index contributed by atoms with van der Waals surface area (Å²) in [5.41, 5.74) is 1.62. The topological polar surface area (TPSA) is 67.9 Å². The average Bonchev–Trinajstić information content (AvgIpc) is 2.77. The molecule has 0 aliphatic carbocycles. The monoisotopic (exact) mass is 394 g/mol. The van der Waals surface area contributed by atoms with Crippen LogP contribution in [0.15, 0.2) is 54.6 Å². The normalized spacial score (nSPS) is 14.6. The third-order valence-electron chi connectivity index (χ3n) is 5.01. The minimum Gasteiger partial charge on any atom is -0.497 e. The maximum Gasteiger partial charge on any atom is 0.246 e. The van der Waals surface area contributed by atoms with Crippen LogP contribution in [0.5, 0.6) is 11.5 Å². The SMILES string of the molecule is COc1cc(NC(=O)C2CCN(C(=O)C=Cc3ccccc3)CC2)cc(OC)c1. The van der Waals surface area contributed by atoms with Crippen LogP contribution in [0.4, 0.5) is 5.69 Å². The molecule has 1 aliphatic heterocycles. The molecule has 6 heteroatoms. The lowest BCUT2D eigenvalue weighted by Crippen LogP contribution is -2.40. The standard InChI is InChI=1S/C23H26N2O4/c1-28-20-14-19(15-21(16-20)29-2)24-23(27)18-10-12-25(13-11-18)22(26)9-8-17-6-4-3-5-7-17/h3-9,14-16,18H,10-13H2,1-2H3,(H,24,27). The molecule has 1 N–H and O–H groups in total. The van der Waals surface area contributed by atoms with Gasteiger partial charge in [-0.25, -0.2) is 0 Å². The van der Waals surface area contributed by atoms with Crippen molar-refractivity contribution >= 4 is 23.6 Å². The highest BCUT2D eigenvalue weighted by molar-refractivity contribution is 5.94. The Morgan fingerprint density at radius 1 is 1.00 bits per heavy atom. The second kappa shape index (κ2) is 9.78. The predicted octanol–water partition coefficient (Wildman–Crippen LogP) is 3.59. The van der Waals surface area contributed by atoms with Gasteiger partial charge in [0.2, 0.25) is 11.8 Å². The number of nitrogens with one attached hydrogen (secondary N) is 1. The van der Waals surface area contributed by atoms with E-state index in [1.165, 1.54) is 0 Å².